The Morgan fingerprint density at radius 1 is 0.694 bits per heavy atom. The van der Waals surface area contributed by atoms with E-state index in [2.05, 4.69) is 74.2 Å². The summed E-state index contributed by atoms with van der Waals surface area (Å²) in [5, 5.41) is 8.71. The Morgan fingerprint density at radius 2 is 1.08 bits per heavy atom. The predicted octanol–water partition coefficient (Wildman–Crippen LogP) is 4.92. The summed E-state index contributed by atoms with van der Waals surface area (Å²) in [7, 11) is -0.611. The summed E-state index contributed by atoms with van der Waals surface area (Å²) >= 11 is 0. The average Bonchev–Trinajstić information content (AvgIpc) is 2.81. The molecule has 0 aromatic heterocycles. The van der Waals surface area contributed by atoms with Gasteiger partial charge in [-0.05, 0) is 55.6 Å². The summed E-state index contributed by atoms with van der Waals surface area (Å²) < 4.78 is 0. The maximum Gasteiger partial charge on any atom is 0.335 e. The highest BCUT2D eigenvalue weighted by Gasteiger charge is 2.20. The van der Waals surface area contributed by atoms with Crippen LogP contribution in [0.3, 0.4) is 0 Å². The van der Waals surface area contributed by atoms with Gasteiger partial charge in [0.1, 0.15) is 16.1 Å². The highest BCUT2D eigenvalue weighted by atomic mass is 28.3. The third-order valence-electron chi connectivity index (χ3n) is 5.22. The van der Waals surface area contributed by atoms with E-state index in [4.69, 9.17) is 5.11 Å². The first-order valence-corrected chi connectivity index (χ1v) is 19.2. The largest absolute Gasteiger partial charge is 0.478 e. The van der Waals surface area contributed by atoms with Crippen molar-refractivity contribution in [2.24, 2.45) is 0 Å². The second-order valence-corrected chi connectivity index (χ2v) is 20.6. The maximum absolute atomic E-state index is 12.4. The topological polar surface area (TPSA) is 60.9 Å². The van der Waals surface area contributed by atoms with Crippen LogP contribution in [0.5, 0.6) is 0 Å². The van der Waals surface area contributed by atoms with Gasteiger partial charge in [-0.25, -0.2) is 4.79 Å². The lowest BCUT2D eigenvalue weighted by molar-refractivity contribution is 0.0662. The number of carbonyl (C=O) groups is 2. The number of carbonyl (C=O) groups excluding carboxylic acids is 1. The van der Waals surface area contributed by atoms with Crippen molar-refractivity contribution in [3.8, 4) is 22.9 Å². The minimum Gasteiger partial charge on any atom is -0.478 e. The van der Waals surface area contributed by atoms with E-state index in [0.29, 0.717) is 5.56 Å². The Balaban J connectivity index is 0.000000269. The second-order valence-electron chi connectivity index (χ2n) is 11.1. The number of nitrogens with zero attached hydrogens (tertiary/aromatic N) is 2. The van der Waals surface area contributed by atoms with Gasteiger partial charge < -0.3 is 14.9 Å². The van der Waals surface area contributed by atoms with Gasteiger partial charge in [0.05, 0.1) is 5.56 Å². The lowest BCUT2D eigenvalue weighted by atomic mass is 10.1. The van der Waals surface area contributed by atoms with E-state index in [0.717, 1.165) is 42.9 Å². The van der Waals surface area contributed by atoms with Gasteiger partial charge in [-0.1, -0.05) is 51.1 Å². The molecule has 2 aromatic carbocycles. The third kappa shape index (κ3) is 10.7. The van der Waals surface area contributed by atoms with Gasteiger partial charge in [-0.15, -0.1) is 11.1 Å². The summed E-state index contributed by atoms with van der Waals surface area (Å²) in [6.45, 7) is 16.7. The Kier molecular flexibility index (Phi) is 10.3. The van der Waals surface area contributed by atoms with Crippen molar-refractivity contribution >= 4 is 28.0 Å². The monoisotopic (exact) mass is 518 g/mol. The molecule has 1 aliphatic rings. The van der Waals surface area contributed by atoms with Crippen LogP contribution in [0.1, 0.15) is 31.8 Å². The van der Waals surface area contributed by atoms with Crippen LogP contribution in [0, 0.1) is 22.9 Å². The molecule has 0 atom stereocenters. The van der Waals surface area contributed by atoms with Crippen molar-refractivity contribution in [1.82, 2.24) is 9.80 Å². The molecule has 0 radical (unpaired) electrons. The smallest absolute Gasteiger partial charge is 0.335 e. The molecule has 36 heavy (non-hydrogen) atoms. The van der Waals surface area contributed by atoms with Crippen molar-refractivity contribution in [2.45, 2.75) is 39.3 Å². The quantitative estimate of drug-likeness (QED) is 0.453. The van der Waals surface area contributed by atoms with E-state index in [9.17, 15) is 9.59 Å². The van der Waals surface area contributed by atoms with Crippen LogP contribution in [0.25, 0.3) is 0 Å². The van der Waals surface area contributed by atoms with Gasteiger partial charge in [0.25, 0.3) is 5.91 Å². The van der Waals surface area contributed by atoms with Crippen LogP contribution < -0.4 is 0 Å². The van der Waals surface area contributed by atoms with Gasteiger partial charge in [0.15, 0.2) is 0 Å². The van der Waals surface area contributed by atoms with Crippen LogP contribution in [0.4, 0.5) is 0 Å². The molecule has 1 aliphatic heterocycles. The first-order chi connectivity index (χ1) is 16.7. The first-order valence-electron chi connectivity index (χ1n) is 12.2. The molecule has 2 aromatic rings. The number of aromatic carboxylic acids is 1. The fraction of sp³-hybridized carbons (Fsp3) is 0.379. The summed E-state index contributed by atoms with van der Waals surface area (Å²) in [6, 6.07) is 14.4. The zero-order valence-electron chi connectivity index (χ0n) is 22.6. The zero-order valence-corrected chi connectivity index (χ0v) is 24.6. The van der Waals surface area contributed by atoms with Crippen LogP contribution in [0.15, 0.2) is 48.5 Å². The van der Waals surface area contributed by atoms with Gasteiger partial charge in [0, 0.05) is 42.9 Å². The van der Waals surface area contributed by atoms with Crippen LogP contribution >= 0.6 is 0 Å². The molecule has 1 amide bonds. The number of likely N-dealkylation sites (N-methyl/N-ethyl adjacent to an activating group) is 1. The van der Waals surface area contributed by atoms with Gasteiger partial charge in [0.2, 0.25) is 0 Å². The number of hydrogen-bond donors (Lipinski definition) is 1. The molecule has 1 heterocycles. The van der Waals surface area contributed by atoms with Crippen molar-refractivity contribution in [3.05, 3.63) is 70.8 Å². The molecule has 5 nitrogen and oxygen atoms in total. The van der Waals surface area contributed by atoms with E-state index >= 15 is 0 Å². The van der Waals surface area contributed by atoms with Crippen LogP contribution in [-0.2, 0) is 0 Å². The number of carboxylic acids is 1. The zero-order chi connectivity index (χ0) is 26.9. The van der Waals surface area contributed by atoms with Crippen molar-refractivity contribution < 1.29 is 14.7 Å². The molecule has 1 saturated heterocycles. The lowest BCUT2D eigenvalue weighted by Crippen LogP contribution is -2.47. The van der Waals surface area contributed by atoms with Crippen molar-refractivity contribution in [1.29, 1.82) is 0 Å². The maximum atomic E-state index is 12.4. The van der Waals surface area contributed by atoms with Crippen molar-refractivity contribution in [3.63, 3.8) is 0 Å². The summed E-state index contributed by atoms with van der Waals surface area (Å²) in [5.74, 6) is 5.51. The number of carboxylic acid groups (broad SMARTS) is 1. The number of rotatable bonds is 2. The number of piperazine rings is 1. The first kappa shape index (κ1) is 29.1. The number of amides is 1. The summed E-state index contributed by atoms with van der Waals surface area (Å²) in [5.41, 5.74) is 9.50. The van der Waals surface area contributed by atoms with E-state index in [-0.39, 0.29) is 5.91 Å². The minimum atomic E-state index is -1.35. The molecule has 1 fully saturated rings. The standard InChI is InChI=1S/C17H24N2OSi.C12H14O2Si/c1-18-10-12-19(13-11-18)17(20)16-7-5-15(6-8-16)9-14-21(2,3)4;1-15(2,3)9-8-10-4-6-11(7-5-10)12(13)14/h5-8H,10-13H2,1-4H3;4-7H,1-3H3,(H,13,14). The molecule has 0 spiro atoms. The summed E-state index contributed by atoms with van der Waals surface area (Å²) in [4.78, 5) is 27.2. The third-order valence-corrected chi connectivity index (χ3v) is 6.97. The normalized spacial score (nSPS) is 13.8. The highest BCUT2D eigenvalue weighted by Crippen LogP contribution is 2.10. The molecule has 0 bridgehead atoms. The lowest BCUT2D eigenvalue weighted by Gasteiger charge is -2.32. The molecule has 3 rings (SSSR count). The van der Waals surface area contributed by atoms with Gasteiger partial charge in [-0.2, -0.15) is 0 Å². The Hall–Kier alpha value is -3.11. The van der Waals surface area contributed by atoms with E-state index in [1.54, 1.807) is 24.3 Å². The Labute approximate surface area is 218 Å². The molecular weight excluding hydrogens is 481 g/mol. The molecule has 7 heteroatoms. The fourth-order valence-corrected chi connectivity index (χ4v) is 4.14. The second kappa shape index (κ2) is 12.7. The van der Waals surface area contributed by atoms with Gasteiger partial charge in [-0.3, -0.25) is 4.79 Å². The fourth-order valence-electron chi connectivity index (χ4n) is 3.10. The molecule has 0 aliphatic carbocycles. The molecular formula is C29H38N2O3Si2. The average molecular weight is 519 g/mol. The SMILES string of the molecule is CN1CCN(C(=O)c2ccc(C#C[Si](C)(C)C)cc2)CC1.C[Si](C)(C)C#Cc1ccc(C(=O)O)cc1. The van der Waals surface area contributed by atoms with Crippen LogP contribution in [-0.4, -0.2) is 76.2 Å². The number of hydrogen-bond acceptors (Lipinski definition) is 3. The minimum absolute atomic E-state index is 0.132. The molecule has 0 saturated carbocycles. The molecule has 190 valence electrons. The van der Waals surface area contributed by atoms with Gasteiger partial charge >= 0.3 is 5.97 Å². The van der Waals surface area contributed by atoms with E-state index < -0.39 is 22.1 Å². The van der Waals surface area contributed by atoms with Crippen molar-refractivity contribution in [2.75, 3.05) is 33.2 Å². The predicted molar refractivity (Wildman–Crippen MR) is 154 cm³/mol. The Morgan fingerprint density at radius 3 is 1.44 bits per heavy atom. The summed E-state index contributed by atoms with van der Waals surface area (Å²) in [6.07, 6.45) is 0. The van der Waals surface area contributed by atoms with E-state index in [1.165, 1.54) is 0 Å². The molecule has 0 unspecified atom stereocenters. The molecule has 1 N–H and O–H groups in total. The van der Waals surface area contributed by atoms with E-state index in [1.807, 2.05) is 29.2 Å². The van der Waals surface area contributed by atoms with Crippen LogP contribution in [0.2, 0.25) is 39.3 Å². The Bertz CT molecular complexity index is 1160. The highest BCUT2D eigenvalue weighted by molar-refractivity contribution is 6.84. The number of benzene rings is 2.